The second-order valence-electron chi connectivity index (χ2n) is 18.2. The third-order valence-corrected chi connectivity index (χ3v) is 44.7. The molecule has 2 atom stereocenters. The maximum absolute atomic E-state index is 2.93. The van der Waals surface area contributed by atoms with Gasteiger partial charge < -0.3 is 0 Å². The van der Waals surface area contributed by atoms with E-state index >= 15 is 0 Å². The molecule has 0 N–H and O–H groups in total. The first-order chi connectivity index (χ1) is 32.6. The topological polar surface area (TPSA) is 0 Å². The summed E-state index contributed by atoms with van der Waals surface area (Å²) in [6.07, 6.45) is 5.26. The zero-order valence-electron chi connectivity index (χ0n) is 37.3. The first-order valence-electron chi connectivity index (χ1n) is 23.4. The number of rotatable bonds is 9. The van der Waals surface area contributed by atoms with E-state index in [1.54, 1.807) is 11.1 Å². The van der Waals surface area contributed by atoms with Gasteiger partial charge in [0.2, 0.25) is 0 Å². The molecule has 0 nitrogen and oxygen atoms in total. The van der Waals surface area contributed by atoms with Crippen LogP contribution in [-0.4, -0.2) is 5.98 Å². The van der Waals surface area contributed by atoms with Crippen LogP contribution < -0.4 is 0 Å². The SMILES string of the molecule is C[SiH](C)[Hf]([CH]1C(c2ccccc2)=Cc2c(-c3ccccc3-c3cccc4ccccc34)cccc21)[CH]1C(c2ccccc2)=Cc2c(-c3ccccc3-c3cccc4ccccc34)cccc21. The van der Waals surface area contributed by atoms with Crippen LogP contribution in [0.2, 0.25) is 13.1 Å². The molecule has 313 valence electrons. The fraction of sp³-hybridized carbons (Fsp3) is 0.0625. The van der Waals surface area contributed by atoms with Gasteiger partial charge in [0.25, 0.3) is 0 Å². The molecule has 10 aromatic rings. The second kappa shape index (κ2) is 17.3. The van der Waals surface area contributed by atoms with E-state index in [2.05, 4.69) is 256 Å². The number of hydrogen-bond acceptors (Lipinski definition) is 0. The molecular weight excluding hydrogens is 975 g/mol. The van der Waals surface area contributed by atoms with Crippen molar-refractivity contribution in [1.29, 1.82) is 0 Å². The summed E-state index contributed by atoms with van der Waals surface area (Å²) in [5.74, 6) is -1.26. The van der Waals surface area contributed by atoms with Crippen molar-refractivity contribution in [1.82, 2.24) is 0 Å². The van der Waals surface area contributed by atoms with Crippen LogP contribution in [-0.2, 0) is 20.6 Å². The molecule has 0 aliphatic heterocycles. The molecule has 0 fully saturated rings. The Bertz CT molecular complexity index is 3280. The summed E-state index contributed by atoms with van der Waals surface area (Å²) in [6, 6.07) is 86.7. The fourth-order valence-corrected chi connectivity index (χ4v) is 43.0. The van der Waals surface area contributed by atoms with Crippen molar-refractivity contribution in [2.75, 3.05) is 0 Å². The van der Waals surface area contributed by atoms with Crippen molar-refractivity contribution in [2.45, 2.75) is 20.4 Å². The maximum atomic E-state index is 2.70. The van der Waals surface area contributed by atoms with Gasteiger partial charge in [0.1, 0.15) is 0 Å². The van der Waals surface area contributed by atoms with E-state index < -0.39 is 26.6 Å². The number of hydrogen-bond donors (Lipinski definition) is 0. The van der Waals surface area contributed by atoms with Crippen LogP contribution in [0.15, 0.2) is 231 Å². The van der Waals surface area contributed by atoms with Gasteiger partial charge >= 0.3 is 400 Å². The van der Waals surface area contributed by atoms with Crippen molar-refractivity contribution < 1.29 is 20.6 Å². The molecule has 0 spiro atoms. The van der Waals surface area contributed by atoms with Crippen molar-refractivity contribution in [3.05, 3.63) is 264 Å². The molecular formula is C64H49HfSi. The van der Waals surface area contributed by atoms with Crippen LogP contribution in [0.5, 0.6) is 0 Å². The van der Waals surface area contributed by atoms with Crippen LogP contribution in [0.25, 0.3) is 89.4 Å². The Morgan fingerprint density at radius 2 is 0.621 bits per heavy atom. The van der Waals surface area contributed by atoms with Crippen LogP contribution in [0.4, 0.5) is 0 Å². The van der Waals surface area contributed by atoms with Gasteiger partial charge in [-0.1, -0.05) is 0 Å². The van der Waals surface area contributed by atoms with Gasteiger partial charge in [-0.3, -0.25) is 0 Å². The Kier molecular flexibility index (Phi) is 10.7. The summed E-state index contributed by atoms with van der Waals surface area (Å²) in [6.45, 7) is 5.39. The predicted octanol–water partition coefficient (Wildman–Crippen LogP) is 17.2. The van der Waals surface area contributed by atoms with Gasteiger partial charge in [-0.25, -0.2) is 0 Å². The Labute approximate surface area is 397 Å². The van der Waals surface area contributed by atoms with Crippen molar-refractivity contribution in [3.8, 4) is 44.5 Å². The van der Waals surface area contributed by atoms with Crippen molar-refractivity contribution >= 4 is 50.8 Å². The second-order valence-corrected chi connectivity index (χ2v) is 46.2. The van der Waals surface area contributed by atoms with Crippen molar-refractivity contribution in [2.24, 2.45) is 0 Å². The van der Waals surface area contributed by atoms with Crippen LogP contribution >= 0.6 is 0 Å². The molecule has 0 saturated heterocycles. The van der Waals surface area contributed by atoms with Gasteiger partial charge in [0.05, 0.1) is 0 Å². The third-order valence-electron chi connectivity index (χ3n) is 14.3. The van der Waals surface area contributed by atoms with E-state index in [0.717, 1.165) is 0 Å². The molecule has 2 unspecified atom stereocenters. The summed E-state index contributed by atoms with van der Waals surface area (Å²) in [7, 11) is 0. The van der Waals surface area contributed by atoms with Crippen LogP contribution in [0, 0.1) is 0 Å². The van der Waals surface area contributed by atoms with Crippen LogP contribution in [0.1, 0.15) is 40.7 Å². The molecule has 0 heterocycles. The molecule has 0 bridgehead atoms. The predicted molar refractivity (Wildman–Crippen MR) is 283 cm³/mol. The summed E-state index contributed by atoms with van der Waals surface area (Å²) in [4.78, 5) is 0. The third kappa shape index (κ3) is 6.98. The minimum absolute atomic E-state index is 0.415. The number of fused-ring (bicyclic) bond motifs is 4. The Morgan fingerprint density at radius 3 is 1.05 bits per heavy atom. The Hall–Kier alpha value is -6.71. The monoisotopic (exact) mass is 1030 g/mol. The molecule has 66 heavy (non-hydrogen) atoms. The van der Waals surface area contributed by atoms with E-state index in [4.69, 9.17) is 0 Å². The summed E-state index contributed by atoms with van der Waals surface area (Å²) in [5.41, 5.74) is 22.1. The molecule has 0 saturated carbocycles. The summed E-state index contributed by atoms with van der Waals surface area (Å²) >= 11 is -2.93. The zero-order chi connectivity index (χ0) is 44.1. The standard InChI is InChI=1S/2C31H21.C2H7Si.Hf/c2*1-2-10-22(11-3-1)25-20-24-14-9-19-30(31(24)21-25)29-17-7-6-16-28(29)27-18-8-13-23-12-4-5-15-26(23)27;1-3-2;/h2*1-21H;3H,1-2H3;. The molecule has 0 aromatic heterocycles. The normalized spacial score (nSPS) is 15.1. The van der Waals surface area contributed by atoms with E-state index in [1.165, 1.54) is 99.5 Å². The van der Waals surface area contributed by atoms with E-state index in [1.807, 2.05) is 0 Å². The molecule has 2 heteroatoms. The Morgan fingerprint density at radius 1 is 0.303 bits per heavy atom. The molecule has 12 rings (SSSR count). The number of allylic oxidation sites excluding steroid dienone is 2. The van der Waals surface area contributed by atoms with E-state index in [-0.39, 0.29) is 0 Å². The quantitative estimate of drug-likeness (QED) is 0.126. The fourth-order valence-electron chi connectivity index (χ4n) is 11.4. The first kappa shape index (κ1) is 40.8. The summed E-state index contributed by atoms with van der Waals surface area (Å²) < 4.78 is 0.830. The Balaban J connectivity index is 1.06. The van der Waals surface area contributed by atoms with Crippen molar-refractivity contribution in [3.63, 3.8) is 0 Å². The van der Waals surface area contributed by atoms with Gasteiger partial charge in [-0.05, 0) is 0 Å². The van der Waals surface area contributed by atoms with Gasteiger partial charge in [0, 0.05) is 0 Å². The zero-order valence-corrected chi connectivity index (χ0v) is 42.1. The van der Waals surface area contributed by atoms with E-state index in [9.17, 15) is 0 Å². The first-order valence-corrected chi connectivity index (χ1v) is 36.7. The molecule has 0 amide bonds. The van der Waals surface area contributed by atoms with Gasteiger partial charge in [0.15, 0.2) is 0 Å². The minimum atomic E-state index is -2.93. The molecule has 10 aromatic carbocycles. The molecule has 2 aliphatic carbocycles. The number of benzene rings is 10. The van der Waals surface area contributed by atoms with Gasteiger partial charge in [-0.15, -0.1) is 0 Å². The average Bonchev–Trinajstić information content (AvgIpc) is 3.96. The van der Waals surface area contributed by atoms with Crippen LogP contribution in [0.3, 0.4) is 0 Å². The summed E-state index contributed by atoms with van der Waals surface area (Å²) in [5, 5.41) is 5.13. The molecule has 2 aliphatic rings. The van der Waals surface area contributed by atoms with Gasteiger partial charge in [-0.2, -0.15) is 0 Å². The van der Waals surface area contributed by atoms with E-state index in [0.29, 0.717) is 7.35 Å². The molecule has 0 radical (unpaired) electrons. The average molecular weight is 1020 g/mol.